The van der Waals surface area contributed by atoms with Crippen LogP contribution in [0.2, 0.25) is 0 Å². The molecule has 0 saturated heterocycles. The van der Waals surface area contributed by atoms with Gasteiger partial charge in [0.15, 0.2) is 0 Å². The fraction of sp³-hybridized carbons (Fsp3) is 0.417. The summed E-state index contributed by atoms with van der Waals surface area (Å²) < 4.78 is 11.3. The van der Waals surface area contributed by atoms with E-state index in [-0.39, 0.29) is 18.6 Å². The molecule has 0 aliphatic carbocycles. The number of hydrogen-bond donors (Lipinski definition) is 1. The van der Waals surface area contributed by atoms with Crippen LogP contribution in [0.4, 0.5) is 0 Å². The van der Waals surface area contributed by atoms with Crippen molar-refractivity contribution in [2.75, 3.05) is 20.3 Å². The lowest BCUT2D eigenvalue weighted by Gasteiger charge is -2.15. The number of hydrogen-bond acceptors (Lipinski definition) is 3. The minimum atomic E-state index is -0.141. The average Bonchev–Trinajstić information content (AvgIpc) is 2.27. The van der Waals surface area contributed by atoms with Crippen molar-refractivity contribution in [3.8, 4) is 5.75 Å². The topological polar surface area (TPSA) is 47.6 Å². The monoisotopic (exact) mass is 301 g/mol. The molecule has 0 fully saturated rings. The summed E-state index contributed by atoms with van der Waals surface area (Å²) in [6.45, 7) is 2.42. The first-order valence-corrected chi connectivity index (χ1v) is 6.09. The first-order valence-electron chi connectivity index (χ1n) is 5.29. The van der Waals surface area contributed by atoms with Crippen LogP contribution in [0.5, 0.6) is 5.75 Å². The van der Waals surface area contributed by atoms with Gasteiger partial charge in [0.05, 0.1) is 6.54 Å². The van der Waals surface area contributed by atoms with Gasteiger partial charge in [-0.1, -0.05) is 22.0 Å². The fourth-order valence-electron chi connectivity index (χ4n) is 1.25. The van der Waals surface area contributed by atoms with Gasteiger partial charge in [0.1, 0.15) is 18.5 Å². The lowest BCUT2D eigenvalue weighted by Crippen LogP contribution is -2.35. The first-order chi connectivity index (χ1) is 8.11. The Hall–Kier alpha value is -1.07. The smallest absolute Gasteiger partial charge is 0.246 e. The quantitative estimate of drug-likeness (QED) is 0.874. The van der Waals surface area contributed by atoms with E-state index >= 15 is 0 Å². The van der Waals surface area contributed by atoms with Crippen molar-refractivity contribution in [1.29, 1.82) is 0 Å². The molecule has 0 aromatic heterocycles. The molecule has 0 heterocycles. The number of rotatable bonds is 6. The van der Waals surface area contributed by atoms with Gasteiger partial charge in [0.2, 0.25) is 5.91 Å². The van der Waals surface area contributed by atoms with Gasteiger partial charge in [0.25, 0.3) is 0 Å². The van der Waals surface area contributed by atoms with Crippen molar-refractivity contribution in [3.63, 3.8) is 0 Å². The van der Waals surface area contributed by atoms with E-state index in [1.807, 2.05) is 31.2 Å². The molecule has 1 atom stereocenters. The first kappa shape index (κ1) is 14.0. The Kier molecular flexibility index (Phi) is 6.00. The van der Waals surface area contributed by atoms with Crippen LogP contribution in [-0.2, 0) is 9.53 Å². The summed E-state index contributed by atoms with van der Waals surface area (Å²) in [5, 5.41) is 2.72. The van der Waals surface area contributed by atoms with Crippen LogP contribution >= 0.6 is 15.9 Å². The zero-order valence-electron chi connectivity index (χ0n) is 9.90. The molecule has 4 nitrogen and oxygen atoms in total. The summed E-state index contributed by atoms with van der Waals surface area (Å²) in [4.78, 5) is 11.2. The van der Waals surface area contributed by atoms with Crippen molar-refractivity contribution in [2.45, 2.75) is 13.0 Å². The molecule has 0 unspecified atom stereocenters. The van der Waals surface area contributed by atoms with E-state index in [9.17, 15) is 4.79 Å². The summed E-state index contributed by atoms with van der Waals surface area (Å²) >= 11 is 3.37. The molecule has 1 N–H and O–H groups in total. The van der Waals surface area contributed by atoms with E-state index in [2.05, 4.69) is 21.2 Å². The molecule has 1 aromatic rings. The van der Waals surface area contributed by atoms with Crippen LogP contribution in [0, 0.1) is 0 Å². The molecule has 0 spiro atoms. The third kappa shape index (κ3) is 5.70. The van der Waals surface area contributed by atoms with E-state index in [0.29, 0.717) is 6.54 Å². The number of carbonyl (C=O) groups excluding carboxylic acids is 1. The van der Waals surface area contributed by atoms with Crippen molar-refractivity contribution in [3.05, 3.63) is 28.7 Å². The van der Waals surface area contributed by atoms with E-state index in [1.165, 1.54) is 7.11 Å². The number of ether oxygens (including phenoxy) is 2. The summed E-state index contributed by atoms with van der Waals surface area (Å²) in [6, 6.07) is 7.58. The molecule has 0 saturated carbocycles. The summed E-state index contributed by atoms with van der Waals surface area (Å²) in [7, 11) is 1.49. The molecule has 1 aromatic carbocycles. The normalized spacial score (nSPS) is 11.9. The van der Waals surface area contributed by atoms with E-state index in [1.54, 1.807) is 0 Å². The van der Waals surface area contributed by atoms with Gasteiger partial charge in [-0.3, -0.25) is 4.79 Å². The van der Waals surface area contributed by atoms with Crippen LogP contribution in [0.1, 0.15) is 6.92 Å². The highest BCUT2D eigenvalue weighted by Crippen LogP contribution is 2.18. The molecule has 1 amide bonds. The van der Waals surface area contributed by atoms with Crippen LogP contribution in [0.15, 0.2) is 28.7 Å². The molecule has 17 heavy (non-hydrogen) atoms. The Labute approximate surface area is 109 Å². The minimum Gasteiger partial charge on any atom is -0.489 e. The summed E-state index contributed by atoms with van der Waals surface area (Å²) in [5.74, 6) is 0.630. The van der Waals surface area contributed by atoms with Crippen LogP contribution in [0.25, 0.3) is 0 Å². The van der Waals surface area contributed by atoms with Crippen LogP contribution < -0.4 is 10.1 Å². The maximum Gasteiger partial charge on any atom is 0.246 e. The molecule has 1 rings (SSSR count). The second kappa shape index (κ2) is 7.29. The number of carbonyl (C=O) groups is 1. The SMILES string of the molecule is COCC(=O)NC[C@@H](C)Oc1cccc(Br)c1. The highest BCUT2D eigenvalue weighted by atomic mass is 79.9. The molecule has 0 aliphatic heterocycles. The Morgan fingerprint density at radius 1 is 1.53 bits per heavy atom. The number of nitrogens with one attached hydrogen (secondary N) is 1. The largest absolute Gasteiger partial charge is 0.489 e. The molecular weight excluding hydrogens is 286 g/mol. The molecular formula is C12H16BrNO3. The summed E-state index contributed by atoms with van der Waals surface area (Å²) in [5.41, 5.74) is 0. The van der Waals surface area contributed by atoms with Gasteiger partial charge in [-0.2, -0.15) is 0 Å². The van der Waals surface area contributed by atoms with Crippen LogP contribution in [-0.4, -0.2) is 32.3 Å². The zero-order chi connectivity index (χ0) is 12.7. The molecule has 0 bridgehead atoms. The Morgan fingerprint density at radius 3 is 2.94 bits per heavy atom. The predicted molar refractivity (Wildman–Crippen MR) is 69.1 cm³/mol. The second-order valence-electron chi connectivity index (χ2n) is 3.62. The fourth-order valence-corrected chi connectivity index (χ4v) is 1.63. The number of methoxy groups -OCH3 is 1. The molecule has 94 valence electrons. The van der Waals surface area contributed by atoms with Crippen molar-refractivity contribution in [2.24, 2.45) is 0 Å². The van der Waals surface area contributed by atoms with E-state index < -0.39 is 0 Å². The van der Waals surface area contributed by atoms with Gasteiger partial charge in [-0.25, -0.2) is 0 Å². The highest BCUT2D eigenvalue weighted by Gasteiger charge is 2.06. The van der Waals surface area contributed by atoms with Gasteiger partial charge < -0.3 is 14.8 Å². The maximum atomic E-state index is 11.2. The highest BCUT2D eigenvalue weighted by molar-refractivity contribution is 9.10. The zero-order valence-corrected chi connectivity index (χ0v) is 11.5. The van der Waals surface area contributed by atoms with Crippen molar-refractivity contribution >= 4 is 21.8 Å². The lowest BCUT2D eigenvalue weighted by atomic mass is 10.3. The summed E-state index contributed by atoms with van der Waals surface area (Å²) in [6.07, 6.45) is -0.0925. The van der Waals surface area contributed by atoms with Gasteiger partial charge in [-0.15, -0.1) is 0 Å². The molecule has 5 heteroatoms. The van der Waals surface area contributed by atoms with Crippen LogP contribution in [0.3, 0.4) is 0 Å². The van der Waals surface area contributed by atoms with E-state index in [0.717, 1.165) is 10.2 Å². The van der Waals surface area contributed by atoms with Gasteiger partial charge in [0, 0.05) is 11.6 Å². The number of benzene rings is 1. The van der Waals surface area contributed by atoms with Gasteiger partial charge in [-0.05, 0) is 25.1 Å². The third-order valence-electron chi connectivity index (χ3n) is 2.00. The van der Waals surface area contributed by atoms with Gasteiger partial charge >= 0.3 is 0 Å². The Balaban J connectivity index is 2.34. The maximum absolute atomic E-state index is 11.2. The van der Waals surface area contributed by atoms with Crippen molar-refractivity contribution < 1.29 is 14.3 Å². The Morgan fingerprint density at radius 2 is 2.29 bits per heavy atom. The van der Waals surface area contributed by atoms with Crippen molar-refractivity contribution in [1.82, 2.24) is 5.32 Å². The standard InChI is InChI=1S/C12H16BrNO3/c1-9(7-14-12(15)8-16-2)17-11-5-3-4-10(13)6-11/h3-6,9H,7-8H2,1-2H3,(H,14,15)/t9-/m1/s1. The Bertz CT molecular complexity index is 371. The molecule has 0 radical (unpaired) electrons. The number of halogens is 1. The van der Waals surface area contributed by atoms with E-state index in [4.69, 9.17) is 9.47 Å². The molecule has 0 aliphatic rings. The predicted octanol–water partition coefficient (Wildman–Crippen LogP) is 1.98. The third-order valence-corrected chi connectivity index (χ3v) is 2.49. The minimum absolute atomic E-state index is 0.0730. The lowest BCUT2D eigenvalue weighted by molar-refractivity contribution is -0.125. The number of amides is 1. The average molecular weight is 302 g/mol. The second-order valence-corrected chi connectivity index (χ2v) is 4.54.